The number of ether oxygens (including phenoxy) is 1. The number of nitrogens with one attached hydrogen (secondary N) is 3. The van der Waals surface area contributed by atoms with Crippen molar-refractivity contribution in [2.75, 3.05) is 39.3 Å². The van der Waals surface area contributed by atoms with Gasteiger partial charge < -0.3 is 15.0 Å². The van der Waals surface area contributed by atoms with E-state index in [1.807, 2.05) is 19.1 Å². The molecule has 1 aromatic heterocycles. The smallest absolute Gasteiger partial charge is 0.257 e. The van der Waals surface area contributed by atoms with Crippen molar-refractivity contribution in [2.45, 2.75) is 32.6 Å². The van der Waals surface area contributed by atoms with Crippen LogP contribution in [0.3, 0.4) is 0 Å². The van der Waals surface area contributed by atoms with Gasteiger partial charge in [0.2, 0.25) is 0 Å². The van der Waals surface area contributed by atoms with E-state index in [1.54, 1.807) is 18.2 Å². The van der Waals surface area contributed by atoms with Crippen molar-refractivity contribution < 1.29 is 9.13 Å². The van der Waals surface area contributed by atoms with Crippen LogP contribution in [0.15, 0.2) is 58.4 Å². The number of aromatic amines is 1. The Kier molecular flexibility index (Phi) is 8.97. The molecule has 0 amide bonds. The number of pyridine rings is 1. The molecule has 3 N–H and O–H groups in total. The number of allylic oxidation sites excluding steroid dienone is 1. The van der Waals surface area contributed by atoms with Crippen LogP contribution in [-0.2, 0) is 12.8 Å². The first-order valence-corrected chi connectivity index (χ1v) is 12.7. The summed E-state index contributed by atoms with van der Waals surface area (Å²) in [6.45, 7) is 7.71. The molecule has 4 rings (SSSR count). The first-order valence-electron chi connectivity index (χ1n) is 12.7. The molecule has 3 aromatic rings. The lowest BCUT2D eigenvalue weighted by Crippen LogP contribution is -2.44. The van der Waals surface area contributed by atoms with Gasteiger partial charge in [0, 0.05) is 43.6 Å². The number of H-pyrrole nitrogens is 1. The first kappa shape index (κ1) is 25.7. The van der Waals surface area contributed by atoms with E-state index in [1.165, 1.54) is 11.6 Å². The summed E-state index contributed by atoms with van der Waals surface area (Å²) in [6, 6.07) is 12.9. The summed E-state index contributed by atoms with van der Waals surface area (Å²) in [7, 11) is 0. The van der Waals surface area contributed by atoms with Gasteiger partial charge >= 0.3 is 0 Å². The van der Waals surface area contributed by atoms with Crippen LogP contribution in [-0.4, -0.2) is 49.2 Å². The Morgan fingerprint density at radius 1 is 1.19 bits per heavy atom. The van der Waals surface area contributed by atoms with Gasteiger partial charge in [0.15, 0.2) is 0 Å². The number of hydrogen-bond acceptors (Lipinski definition) is 6. The van der Waals surface area contributed by atoms with Gasteiger partial charge in [0.25, 0.3) is 5.56 Å². The SMILES string of the molecule is CCc1cc2[nH]c(=O)c(/C(=C/CCCc3ccc(OCCN4CCNCC4)cc3)N=N)cc2cc1F. The van der Waals surface area contributed by atoms with Crippen molar-refractivity contribution in [3.05, 3.63) is 81.4 Å². The Balaban J connectivity index is 1.30. The lowest BCUT2D eigenvalue weighted by molar-refractivity contribution is 0.191. The van der Waals surface area contributed by atoms with Crippen LogP contribution in [0.25, 0.3) is 16.6 Å². The molecule has 36 heavy (non-hydrogen) atoms. The Labute approximate surface area is 210 Å². The summed E-state index contributed by atoms with van der Waals surface area (Å²) >= 11 is 0. The molecule has 2 aromatic carbocycles. The maximum atomic E-state index is 14.2. The zero-order valence-electron chi connectivity index (χ0n) is 20.8. The maximum Gasteiger partial charge on any atom is 0.257 e. The molecular weight excluding hydrogens is 457 g/mol. The second-order valence-electron chi connectivity index (χ2n) is 9.07. The fourth-order valence-electron chi connectivity index (χ4n) is 4.47. The van der Waals surface area contributed by atoms with Crippen LogP contribution in [0.2, 0.25) is 0 Å². The Morgan fingerprint density at radius 2 is 1.97 bits per heavy atom. The Morgan fingerprint density at radius 3 is 2.69 bits per heavy atom. The molecule has 0 atom stereocenters. The average molecular weight is 492 g/mol. The normalized spacial score (nSPS) is 14.8. The molecule has 1 saturated heterocycles. The summed E-state index contributed by atoms with van der Waals surface area (Å²) in [5.41, 5.74) is 10.2. The summed E-state index contributed by atoms with van der Waals surface area (Å²) in [4.78, 5) is 17.8. The second kappa shape index (κ2) is 12.6. The van der Waals surface area contributed by atoms with E-state index in [0.29, 0.717) is 41.6 Å². The Hall–Kier alpha value is -3.36. The molecule has 0 aliphatic carbocycles. The fourth-order valence-corrected chi connectivity index (χ4v) is 4.47. The topological polar surface area (TPSA) is 93.6 Å². The molecule has 190 valence electrons. The second-order valence-corrected chi connectivity index (χ2v) is 9.07. The van der Waals surface area contributed by atoms with Crippen LogP contribution in [0.1, 0.15) is 36.5 Å². The number of fused-ring (bicyclic) bond motifs is 1. The molecule has 0 spiro atoms. The Bertz CT molecular complexity index is 1260. The summed E-state index contributed by atoms with van der Waals surface area (Å²) in [6.07, 6.45) is 4.73. The van der Waals surface area contributed by atoms with Gasteiger partial charge in [-0.1, -0.05) is 25.1 Å². The number of hydrogen-bond donors (Lipinski definition) is 3. The van der Waals surface area contributed by atoms with Crippen molar-refractivity contribution in [1.82, 2.24) is 15.2 Å². The number of nitrogens with zero attached hydrogens (tertiary/aromatic N) is 2. The quantitative estimate of drug-likeness (QED) is 0.262. The van der Waals surface area contributed by atoms with Crippen molar-refractivity contribution in [3.8, 4) is 5.75 Å². The summed E-state index contributed by atoms with van der Waals surface area (Å²) in [5.74, 6) is 0.578. The summed E-state index contributed by atoms with van der Waals surface area (Å²) in [5, 5.41) is 7.51. The van der Waals surface area contributed by atoms with Gasteiger partial charge in [-0.3, -0.25) is 9.69 Å². The van der Waals surface area contributed by atoms with Gasteiger partial charge in [-0.25, -0.2) is 9.92 Å². The highest BCUT2D eigenvalue weighted by atomic mass is 19.1. The van der Waals surface area contributed by atoms with E-state index < -0.39 is 0 Å². The van der Waals surface area contributed by atoms with E-state index >= 15 is 0 Å². The third-order valence-electron chi connectivity index (χ3n) is 6.61. The number of halogens is 1. The van der Waals surface area contributed by atoms with Crippen molar-refractivity contribution in [1.29, 1.82) is 5.53 Å². The van der Waals surface area contributed by atoms with Crippen molar-refractivity contribution >= 4 is 16.6 Å². The van der Waals surface area contributed by atoms with Crippen LogP contribution < -0.4 is 15.6 Å². The van der Waals surface area contributed by atoms with Crippen LogP contribution >= 0.6 is 0 Å². The lowest BCUT2D eigenvalue weighted by Gasteiger charge is -2.26. The number of aromatic nitrogens is 1. The first-order chi connectivity index (χ1) is 17.6. The average Bonchev–Trinajstić information content (AvgIpc) is 2.90. The minimum atomic E-state index is -0.328. The van der Waals surface area contributed by atoms with Gasteiger partial charge in [-0.2, -0.15) is 5.11 Å². The van der Waals surface area contributed by atoms with Gasteiger partial charge in [0.05, 0.1) is 11.3 Å². The highest BCUT2D eigenvalue weighted by molar-refractivity contribution is 5.83. The third kappa shape index (κ3) is 6.65. The minimum absolute atomic E-state index is 0.281. The molecule has 7 nitrogen and oxygen atoms in total. The van der Waals surface area contributed by atoms with E-state index in [0.717, 1.165) is 51.3 Å². The molecule has 1 fully saturated rings. The minimum Gasteiger partial charge on any atom is -0.492 e. The van der Waals surface area contributed by atoms with Gasteiger partial charge in [0.1, 0.15) is 18.2 Å². The molecule has 1 aliphatic heterocycles. The van der Waals surface area contributed by atoms with E-state index in [2.05, 4.69) is 32.4 Å². The molecule has 8 heteroatoms. The molecule has 0 radical (unpaired) electrons. The zero-order valence-corrected chi connectivity index (χ0v) is 20.8. The number of aryl methyl sites for hydroxylation is 2. The molecular formula is C28H34FN5O2. The number of unbranched alkanes of at least 4 members (excludes halogenated alkanes) is 1. The summed E-state index contributed by atoms with van der Waals surface area (Å²) < 4.78 is 20.1. The highest BCUT2D eigenvalue weighted by Gasteiger charge is 2.11. The highest BCUT2D eigenvalue weighted by Crippen LogP contribution is 2.22. The monoisotopic (exact) mass is 491 g/mol. The largest absolute Gasteiger partial charge is 0.492 e. The number of piperazine rings is 1. The van der Waals surface area contributed by atoms with Crippen molar-refractivity contribution in [2.24, 2.45) is 5.11 Å². The number of benzene rings is 2. The third-order valence-corrected chi connectivity index (χ3v) is 6.61. The van der Waals surface area contributed by atoms with Crippen LogP contribution in [0.5, 0.6) is 5.75 Å². The van der Waals surface area contributed by atoms with Crippen molar-refractivity contribution in [3.63, 3.8) is 0 Å². The molecule has 1 aliphatic rings. The van der Waals surface area contributed by atoms with Crippen LogP contribution in [0.4, 0.5) is 4.39 Å². The van der Waals surface area contributed by atoms with Gasteiger partial charge in [-0.15, -0.1) is 0 Å². The zero-order chi connectivity index (χ0) is 25.3. The molecule has 0 unspecified atom stereocenters. The fraction of sp³-hybridized carbons (Fsp3) is 0.393. The van der Waals surface area contributed by atoms with E-state index in [-0.39, 0.29) is 16.9 Å². The predicted molar refractivity (Wildman–Crippen MR) is 141 cm³/mol. The maximum absolute atomic E-state index is 14.2. The van der Waals surface area contributed by atoms with E-state index in [4.69, 9.17) is 10.3 Å². The van der Waals surface area contributed by atoms with E-state index in [9.17, 15) is 9.18 Å². The number of rotatable bonds is 11. The van der Waals surface area contributed by atoms with Crippen LogP contribution in [0, 0.1) is 11.3 Å². The molecule has 0 saturated carbocycles. The van der Waals surface area contributed by atoms with Gasteiger partial charge in [-0.05, 0) is 67.1 Å². The predicted octanol–water partition coefficient (Wildman–Crippen LogP) is 4.91. The molecule has 2 heterocycles. The lowest BCUT2D eigenvalue weighted by atomic mass is 10.0. The molecule has 0 bridgehead atoms. The standard InChI is InChI=1S/C28H34FN5O2/c1-2-21-19-27-22(18-25(21)29)17-24(28(35)32-27)26(33-30)6-4-3-5-20-7-9-23(10-8-20)36-16-15-34-13-11-31-12-14-34/h6-10,17-19,30-31H,2-5,11-16H2,1H3,(H,32,35)/b26-6-,33-30?.